The van der Waals surface area contributed by atoms with Gasteiger partial charge in [0.1, 0.15) is 0 Å². The zero-order valence-corrected chi connectivity index (χ0v) is 20.2. The molecule has 32 heavy (non-hydrogen) atoms. The van der Waals surface area contributed by atoms with Crippen LogP contribution in [0.3, 0.4) is 0 Å². The fourth-order valence-electron chi connectivity index (χ4n) is 3.96. The van der Waals surface area contributed by atoms with Crippen LogP contribution in [0.1, 0.15) is 32.8 Å². The number of hydrogen-bond donors (Lipinski definition) is 1. The van der Waals surface area contributed by atoms with Gasteiger partial charge in [0, 0.05) is 25.8 Å². The normalized spacial score (nSPS) is 16.8. The SMILES string of the molecule is C=CCOC[C@H](CC(C)C)N(C)S(=O)(=O)c1ccc(CN2c3ccncc3NC2C)cc1. The van der Waals surface area contributed by atoms with E-state index in [0.717, 1.165) is 23.4 Å². The predicted molar refractivity (Wildman–Crippen MR) is 129 cm³/mol. The molecule has 2 aromatic rings. The molecule has 2 heterocycles. The molecule has 1 aliphatic rings. The number of nitrogens with zero attached hydrogens (tertiary/aromatic N) is 3. The van der Waals surface area contributed by atoms with Crippen LogP contribution in [0.25, 0.3) is 0 Å². The lowest BCUT2D eigenvalue weighted by molar-refractivity contribution is 0.106. The minimum atomic E-state index is -3.63. The predicted octanol–water partition coefficient (Wildman–Crippen LogP) is 4.10. The van der Waals surface area contributed by atoms with Crippen molar-refractivity contribution in [3.05, 3.63) is 60.9 Å². The molecule has 1 aromatic carbocycles. The standard InChI is InChI=1S/C24H34N4O3S/c1-6-13-31-17-21(14-18(2)3)27(5)32(29,30)22-9-7-20(8-10-22)16-28-19(4)26-23-15-25-12-11-24(23)28/h6-12,15,18-19,21,26H,1,13-14,16-17H2,2-5H3/t19?,21-/m0/s1. The molecule has 0 saturated heterocycles. The Morgan fingerprint density at radius 3 is 2.66 bits per heavy atom. The summed E-state index contributed by atoms with van der Waals surface area (Å²) in [5.74, 6) is 0.349. The molecule has 0 aliphatic carbocycles. The van der Waals surface area contributed by atoms with Gasteiger partial charge in [-0.25, -0.2) is 8.42 Å². The summed E-state index contributed by atoms with van der Waals surface area (Å²) in [7, 11) is -2.00. The lowest BCUT2D eigenvalue weighted by Gasteiger charge is -2.29. The highest BCUT2D eigenvalue weighted by Gasteiger charge is 2.29. The first-order valence-electron chi connectivity index (χ1n) is 11.0. The second-order valence-corrected chi connectivity index (χ2v) is 10.6. The third-order valence-electron chi connectivity index (χ3n) is 5.70. The van der Waals surface area contributed by atoms with Gasteiger partial charge < -0.3 is 15.0 Å². The van der Waals surface area contributed by atoms with Gasteiger partial charge in [-0.3, -0.25) is 4.98 Å². The zero-order valence-electron chi connectivity index (χ0n) is 19.4. The van der Waals surface area contributed by atoms with E-state index >= 15 is 0 Å². The summed E-state index contributed by atoms with van der Waals surface area (Å²) in [5.41, 5.74) is 3.15. The fraction of sp³-hybridized carbons (Fsp3) is 0.458. The van der Waals surface area contributed by atoms with E-state index in [0.29, 0.717) is 30.6 Å². The maximum atomic E-state index is 13.3. The third-order valence-corrected chi connectivity index (χ3v) is 7.62. The number of pyridine rings is 1. The molecule has 3 rings (SSSR count). The summed E-state index contributed by atoms with van der Waals surface area (Å²) in [6, 6.07) is 8.92. The van der Waals surface area contributed by atoms with Crippen molar-refractivity contribution in [2.24, 2.45) is 5.92 Å². The quantitative estimate of drug-likeness (QED) is 0.404. The monoisotopic (exact) mass is 458 g/mol. The Balaban J connectivity index is 1.74. The largest absolute Gasteiger partial charge is 0.376 e. The number of fused-ring (bicyclic) bond motifs is 1. The van der Waals surface area contributed by atoms with Gasteiger partial charge in [0.05, 0.1) is 41.8 Å². The number of rotatable bonds is 11. The van der Waals surface area contributed by atoms with Crippen LogP contribution < -0.4 is 10.2 Å². The molecule has 0 saturated carbocycles. The highest BCUT2D eigenvalue weighted by Crippen LogP contribution is 2.34. The Labute approximate surface area is 192 Å². The smallest absolute Gasteiger partial charge is 0.243 e. The summed E-state index contributed by atoms with van der Waals surface area (Å²) in [6.45, 7) is 11.3. The average Bonchev–Trinajstić information content (AvgIpc) is 3.08. The first-order valence-corrected chi connectivity index (χ1v) is 12.4. The first kappa shape index (κ1) is 24.2. The molecule has 2 atom stereocenters. The lowest BCUT2D eigenvalue weighted by atomic mass is 10.0. The Kier molecular flexibility index (Phi) is 7.92. The van der Waals surface area contributed by atoms with Crippen molar-refractivity contribution < 1.29 is 13.2 Å². The molecule has 174 valence electrons. The van der Waals surface area contributed by atoms with Crippen molar-refractivity contribution in [2.45, 2.75) is 50.8 Å². The van der Waals surface area contributed by atoms with Gasteiger partial charge >= 0.3 is 0 Å². The van der Waals surface area contributed by atoms with Gasteiger partial charge in [0.15, 0.2) is 0 Å². The van der Waals surface area contributed by atoms with E-state index in [4.69, 9.17) is 4.74 Å². The van der Waals surface area contributed by atoms with E-state index in [9.17, 15) is 8.42 Å². The Hall–Kier alpha value is -2.42. The third kappa shape index (κ3) is 5.49. The number of likely N-dealkylation sites (N-methyl/N-ethyl adjacent to an activating group) is 1. The van der Waals surface area contributed by atoms with E-state index in [1.54, 1.807) is 31.5 Å². The number of anilines is 2. The van der Waals surface area contributed by atoms with Crippen LogP contribution in [0.5, 0.6) is 0 Å². The second-order valence-electron chi connectivity index (χ2n) is 8.62. The van der Waals surface area contributed by atoms with Crippen molar-refractivity contribution in [3.8, 4) is 0 Å². The first-order chi connectivity index (χ1) is 15.2. The number of ether oxygens (including phenoxy) is 1. The van der Waals surface area contributed by atoms with Crippen LogP contribution in [-0.2, 0) is 21.3 Å². The number of aromatic nitrogens is 1. The number of benzene rings is 1. The molecule has 1 aromatic heterocycles. The highest BCUT2D eigenvalue weighted by molar-refractivity contribution is 7.89. The topological polar surface area (TPSA) is 74.8 Å². The van der Waals surface area contributed by atoms with Crippen LogP contribution >= 0.6 is 0 Å². The molecule has 0 spiro atoms. The van der Waals surface area contributed by atoms with Crippen LogP contribution in [-0.4, -0.2) is 50.2 Å². The molecule has 8 heteroatoms. The molecule has 7 nitrogen and oxygen atoms in total. The minimum Gasteiger partial charge on any atom is -0.376 e. The van der Waals surface area contributed by atoms with E-state index in [-0.39, 0.29) is 12.2 Å². The number of hydrogen-bond acceptors (Lipinski definition) is 6. The average molecular weight is 459 g/mol. The maximum Gasteiger partial charge on any atom is 0.243 e. The van der Waals surface area contributed by atoms with Crippen molar-refractivity contribution in [1.29, 1.82) is 0 Å². The molecule has 1 unspecified atom stereocenters. The van der Waals surface area contributed by atoms with E-state index in [1.165, 1.54) is 4.31 Å². The molecule has 1 aliphatic heterocycles. The second kappa shape index (κ2) is 10.5. The van der Waals surface area contributed by atoms with Crippen LogP contribution in [0.15, 0.2) is 60.3 Å². The molecule has 0 amide bonds. The van der Waals surface area contributed by atoms with E-state index in [2.05, 4.69) is 42.6 Å². The van der Waals surface area contributed by atoms with Gasteiger partial charge in [-0.05, 0) is 43.0 Å². The van der Waals surface area contributed by atoms with Crippen molar-refractivity contribution in [3.63, 3.8) is 0 Å². The van der Waals surface area contributed by atoms with Crippen LogP contribution in [0.2, 0.25) is 0 Å². The van der Waals surface area contributed by atoms with Gasteiger partial charge in [-0.2, -0.15) is 4.31 Å². The highest BCUT2D eigenvalue weighted by atomic mass is 32.2. The molecular weight excluding hydrogens is 424 g/mol. The number of sulfonamides is 1. The fourth-order valence-corrected chi connectivity index (χ4v) is 5.31. The summed E-state index contributed by atoms with van der Waals surface area (Å²) in [5, 5.41) is 3.41. The van der Waals surface area contributed by atoms with Crippen molar-refractivity contribution in [1.82, 2.24) is 9.29 Å². The Morgan fingerprint density at radius 1 is 1.28 bits per heavy atom. The molecule has 1 N–H and O–H groups in total. The van der Waals surface area contributed by atoms with Crippen LogP contribution in [0, 0.1) is 5.92 Å². The van der Waals surface area contributed by atoms with Gasteiger partial charge in [-0.1, -0.05) is 32.1 Å². The van der Waals surface area contributed by atoms with Crippen LogP contribution in [0.4, 0.5) is 11.4 Å². The van der Waals surface area contributed by atoms with E-state index in [1.807, 2.05) is 24.4 Å². The Bertz CT molecular complexity index is 1010. The summed E-state index contributed by atoms with van der Waals surface area (Å²) in [6.07, 6.45) is 6.13. The molecule has 0 bridgehead atoms. The van der Waals surface area contributed by atoms with Crippen molar-refractivity contribution >= 4 is 21.4 Å². The summed E-state index contributed by atoms with van der Waals surface area (Å²) in [4.78, 5) is 6.70. The minimum absolute atomic E-state index is 0.135. The molecular formula is C24H34N4O3S. The van der Waals surface area contributed by atoms with Gasteiger partial charge in [0.25, 0.3) is 0 Å². The maximum absolute atomic E-state index is 13.3. The lowest BCUT2D eigenvalue weighted by Crippen LogP contribution is -2.41. The number of nitrogens with one attached hydrogen (secondary N) is 1. The molecule has 0 fully saturated rings. The molecule has 0 radical (unpaired) electrons. The van der Waals surface area contributed by atoms with Gasteiger partial charge in [0.2, 0.25) is 10.0 Å². The van der Waals surface area contributed by atoms with Crippen molar-refractivity contribution in [2.75, 3.05) is 30.5 Å². The van der Waals surface area contributed by atoms with Gasteiger partial charge in [-0.15, -0.1) is 6.58 Å². The summed E-state index contributed by atoms with van der Waals surface area (Å²) < 4.78 is 33.6. The zero-order chi connectivity index (χ0) is 23.3. The Morgan fingerprint density at radius 2 is 2.00 bits per heavy atom. The summed E-state index contributed by atoms with van der Waals surface area (Å²) >= 11 is 0. The van der Waals surface area contributed by atoms with E-state index < -0.39 is 10.0 Å².